The third kappa shape index (κ3) is 4.93. The Morgan fingerprint density at radius 2 is 1.96 bits per heavy atom. The van der Waals surface area contributed by atoms with Crippen molar-refractivity contribution in [2.24, 2.45) is 5.41 Å². The molecule has 1 fully saturated rings. The fourth-order valence-corrected chi connectivity index (χ4v) is 4.43. The van der Waals surface area contributed by atoms with E-state index in [-0.39, 0.29) is 23.3 Å². The molecule has 1 aromatic carbocycles. The summed E-state index contributed by atoms with van der Waals surface area (Å²) >= 11 is 0. The van der Waals surface area contributed by atoms with Crippen LogP contribution in [0.2, 0.25) is 0 Å². The first kappa shape index (κ1) is 19.1. The van der Waals surface area contributed by atoms with Gasteiger partial charge in [-0.2, -0.15) is 0 Å². The molecule has 2 unspecified atom stereocenters. The van der Waals surface area contributed by atoms with Gasteiger partial charge in [0.25, 0.3) is 0 Å². The highest BCUT2D eigenvalue weighted by Crippen LogP contribution is 2.30. The van der Waals surface area contributed by atoms with Gasteiger partial charge in [0.1, 0.15) is 11.4 Å². The van der Waals surface area contributed by atoms with Gasteiger partial charge in [-0.25, -0.2) is 13.1 Å². The fourth-order valence-electron chi connectivity index (χ4n) is 3.12. The maximum atomic E-state index is 12.5. The van der Waals surface area contributed by atoms with E-state index in [4.69, 9.17) is 9.26 Å². The lowest BCUT2D eigenvalue weighted by Gasteiger charge is -2.37. The summed E-state index contributed by atoms with van der Waals surface area (Å²) in [4.78, 5) is 0. The van der Waals surface area contributed by atoms with Crippen molar-refractivity contribution in [1.82, 2.24) is 9.88 Å². The van der Waals surface area contributed by atoms with Crippen molar-refractivity contribution in [2.45, 2.75) is 51.5 Å². The number of ether oxygens (including phenoxy) is 1. The molecule has 1 aliphatic heterocycles. The number of benzene rings is 1. The molecule has 0 radical (unpaired) electrons. The Balaban J connectivity index is 1.63. The lowest BCUT2D eigenvalue weighted by molar-refractivity contribution is -0.0554. The van der Waals surface area contributed by atoms with Crippen LogP contribution >= 0.6 is 0 Å². The van der Waals surface area contributed by atoms with E-state index in [0.717, 1.165) is 5.56 Å². The number of hydrogen-bond donors (Lipinski definition) is 1. The summed E-state index contributed by atoms with van der Waals surface area (Å²) in [6.07, 6.45) is 1.39. The first-order valence-electron chi connectivity index (χ1n) is 8.85. The molecule has 0 saturated carbocycles. The Bertz CT molecular complexity index is 825. The van der Waals surface area contributed by atoms with Crippen molar-refractivity contribution in [3.63, 3.8) is 0 Å². The van der Waals surface area contributed by atoms with E-state index in [9.17, 15) is 8.42 Å². The first-order valence-corrected chi connectivity index (χ1v) is 10.5. The predicted octanol–water partition coefficient (Wildman–Crippen LogP) is 3.35. The SMILES string of the molecule is CC(C)(C)C1CC(NS(=O)(=O)Cc2cc(-c3ccccc3)no2)CCO1. The van der Waals surface area contributed by atoms with Crippen LogP contribution in [0.4, 0.5) is 0 Å². The van der Waals surface area contributed by atoms with Crippen molar-refractivity contribution in [3.8, 4) is 11.3 Å². The molecule has 0 amide bonds. The van der Waals surface area contributed by atoms with Crippen LogP contribution in [-0.4, -0.2) is 32.3 Å². The monoisotopic (exact) mass is 378 g/mol. The minimum absolute atomic E-state index is 0.0143. The van der Waals surface area contributed by atoms with Gasteiger partial charge in [0.05, 0.1) is 6.10 Å². The molecule has 7 heteroatoms. The molecule has 1 saturated heterocycles. The van der Waals surface area contributed by atoms with Gasteiger partial charge < -0.3 is 9.26 Å². The molecule has 1 aromatic heterocycles. The summed E-state index contributed by atoms with van der Waals surface area (Å²) in [7, 11) is -3.51. The van der Waals surface area contributed by atoms with Crippen LogP contribution < -0.4 is 4.72 Å². The Morgan fingerprint density at radius 3 is 2.65 bits per heavy atom. The summed E-state index contributed by atoms with van der Waals surface area (Å²) in [5.41, 5.74) is 1.51. The summed E-state index contributed by atoms with van der Waals surface area (Å²) in [6, 6.07) is 11.1. The first-order chi connectivity index (χ1) is 12.2. The molecule has 142 valence electrons. The number of hydrogen-bond acceptors (Lipinski definition) is 5. The number of nitrogens with one attached hydrogen (secondary N) is 1. The van der Waals surface area contributed by atoms with Crippen molar-refractivity contribution in [3.05, 3.63) is 42.2 Å². The van der Waals surface area contributed by atoms with Gasteiger partial charge in [-0.15, -0.1) is 0 Å². The fraction of sp³-hybridized carbons (Fsp3) is 0.526. The lowest BCUT2D eigenvalue weighted by atomic mass is 9.83. The third-order valence-electron chi connectivity index (χ3n) is 4.56. The normalized spacial score (nSPS) is 21.7. The molecule has 1 N–H and O–H groups in total. The van der Waals surface area contributed by atoms with Crippen molar-refractivity contribution < 1.29 is 17.7 Å². The van der Waals surface area contributed by atoms with E-state index >= 15 is 0 Å². The standard InChI is InChI=1S/C19H26N2O4S/c1-19(2,3)18-11-15(9-10-24-18)21-26(22,23)13-16-12-17(20-25-16)14-7-5-4-6-8-14/h4-8,12,15,18,21H,9-11,13H2,1-3H3. The van der Waals surface area contributed by atoms with E-state index in [0.29, 0.717) is 30.9 Å². The summed E-state index contributed by atoms with van der Waals surface area (Å²) in [6.45, 7) is 6.88. The predicted molar refractivity (Wildman–Crippen MR) is 99.9 cm³/mol. The highest BCUT2D eigenvalue weighted by molar-refractivity contribution is 7.88. The topological polar surface area (TPSA) is 81.4 Å². The molecule has 2 aromatic rings. The second-order valence-electron chi connectivity index (χ2n) is 7.87. The Hall–Kier alpha value is -1.70. The smallest absolute Gasteiger partial charge is 0.219 e. The van der Waals surface area contributed by atoms with Crippen LogP contribution in [0.1, 0.15) is 39.4 Å². The van der Waals surface area contributed by atoms with Crippen molar-refractivity contribution >= 4 is 10.0 Å². The van der Waals surface area contributed by atoms with Gasteiger partial charge in [0.2, 0.25) is 10.0 Å². The quantitative estimate of drug-likeness (QED) is 0.863. The molecule has 0 spiro atoms. The van der Waals surface area contributed by atoms with Gasteiger partial charge in [-0.05, 0) is 18.3 Å². The minimum atomic E-state index is -3.51. The molecule has 1 aliphatic rings. The number of rotatable bonds is 5. The van der Waals surface area contributed by atoms with Gasteiger partial charge in [0, 0.05) is 24.3 Å². The summed E-state index contributed by atoms with van der Waals surface area (Å²) in [5, 5.41) is 3.97. The number of aromatic nitrogens is 1. The van der Waals surface area contributed by atoms with Crippen LogP contribution in [0.3, 0.4) is 0 Å². The molecule has 0 bridgehead atoms. The summed E-state index contributed by atoms with van der Waals surface area (Å²) < 4.78 is 38.9. The van der Waals surface area contributed by atoms with E-state index in [2.05, 4.69) is 30.6 Å². The zero-order chi connectivity index (χ0) is 18.8. The third-order valence-corrected chi connectivity index (χ3v) is 5.91. The van der Waals surface area contributed by atoms with Gasteiger partial charge in [0.15, 0.2) is 5.76 Å². The lowest BCUT2D eigenvalue weighted by Crippen LogP contribution is -2.46. The number of nitrogens with zero attached hydrogens (tertiary/aromatic N) is 1. The van der Waals surface area contributed by atoms with E-state index < -0.39 is 10.0 Å². The van der Waals surface area contributed by atoms with Crippen LogP contribution in [0.25, 0.3) is 11.3 Å². The molecular weight excluding hydrogens is 352 g/mol. The van der Waals surface area contributed by atoms with E-state index in [1.807, 2.05) is 30.3 Å². The molecule has 6 nitrogen and oxygen atoms in total. The van der Waals surface area contributed by atoms with Crippen molar-refractivity contribution in [2.75, 3.05) is 6.61 Å². The van der Waals surface area contributed by atoms with Crippen LogP contribution in [0.5, 0.6) is 0 Å². The van der Waals surface area contributed by atoms with Crippen LogP contribution in [0, 0.1) is 5.41 Å². The average Bonchev–Trinajstić information content (AvgIpc) is 3.02. The number of sulfonamides is 1. The zero-order valence-corrected chi connectivity index (χ0v) is 16.3. The molecule has 2 atom stereocenters. The maximum absolute atomic E-state index is 12.5. The highest BCUT2D eigenvalue weighted by atomic mass is 32.2. The molecule has 26 heavy (non-hydrogen) atoms. The molecule has 3 rings (SSSR count). The zero-order valence-electron chi connectivity index (χ0n) is 15.4. The second kappa shape index (κ2) is 7.50. The highest BCUT2D eigenvalue weighted by Gasteiger charge is 2.33. The Morgan fingerprint density at radius 1 is 1.23 bits per heavy atom. The maximum Gasteiger partial charge on any atom is 0.219 e. The molecule has 0 aliphatic carbocycles. The van der Waals surface area contributed by atoms with Gasteiger partial charge in [-0.1, -0.05) is 56.3 Å². The Labute approximate surface area is 155 Å². The average molecular weight is 378 g/mol. The van der Waals surface area contributed by atoms with E-state index in [1.165, 1.54) is 0 Å². The minimum Gasteiger partial charge on any atom is -0.378 e. The molecular formula is C19H26N2O4S. The molecule has 2 heterocycles. The van der Waals surface area contributed by atoms with Gasteiger partial charge >= 0.3 is 0 Å². The van der Waals surface area contributed by atoms with Crippen LogP contribution in [0.15, 0.2) is 40.9 Å². The Kier molecular flexibility index (Phi) is 5.50. The van der Waals surface area contributed by atoms with Crippen molar-refractivity contribution in [1.29, 1.82) is 0 Å². The second-order valence-corrected chi connectivity index (χ2v) is 9.62. The van der Waals surface area contributed by atoms with E-state index in [1.54, 1.807) is 6.07 Å². The van der Waals surface area contributed by atoms with Gasteiger partial charge in [-0.3, -0.25) is 0 Å². The van der Waals surface area contributed by atoms with Crippen LogP contribution in [-0.2, 0) is 20.5 Å². The largest absolute Gasteiger partial charge is 0.378 e. The summed E-state index contributed by atoms with van der Waals surface area (Å²) in [5.74, 6) is 0.112.